The minimum atomic E-state index is 0.367. The van der Waals surface area contributed by atoms with Gasteiger partial charge in [-0.05, 0) is 39.3 Å². The van der Waals surface area contributed by atoms with E-state index in [1.165, 1.54) is 19.5 Å². The Labute approximate surface area is 73.9 Å². The summed E-state index contributed by atoms with van der Waals surface area (Å²) in [6.07, 6.45) is 5.15. The van der Waals surface area contributed by atoms with E-state index in [1.54, 1.807) is 0 Å². The van der Waals surface area contributed by atoms with Crippen LogP contribution in [-0.2, 0) is 4.79 Å². The lowest BCUT2D eigenvalue weighted by Gasteiger charge is -2.48. The molecule has 0 unspecified atom stereocenters. The van der Waals surface area contributed by atoms with Crippen molar-refractivity contribution in [1.82, 2.24) is 4.90 Å². The molecule has 2 fully saturated rings. The van der Waals surface area contributed by atoms with Crippen LogP contribution in [0.25, 0.3) is 0 Å². The van der Waals surface area contributed by atoms with Crippen molar-refractivity contribution >= 4 is 5.78 Å². The molecule has 68 valence electrons. The van der Waals surface area contributed by atoms with Crippen molar-refractivity contribution < 1.29 is 4.79 Å². The highest BCUT2D eigenvalue weighted by Crippen LogP contribution is 2.34. The highest BCUT2D eigenvalue weighted by Gasteiger charge is 2.37. The van der Waals surface area contributed by atoms with Crippen LogP contribution in [0.5, 0.6) is 0 Å². The van der Waals surface area contributed by atoms with Crippen LogP contribution < -0.4 is 0 Å². The van der Waals surface area contributed by atoms with Crippen molar-refractivity contribution in [2.45, 2.75) is 44.6 Å². The maximum Gasteiger partial charge on any atom is 0.133 e. The molecule has 0 aromatic heterocycles. The van der Waals surface area contributed by atoms with E-state index in [1.807, 2.05) is 0 Å². The van der Waals surface area contributed by atoms with E-state index < -0.39 is 0 Å². The number of Topliss-reactive ketones (excluding diaryl/α,β-unsaturated/α-hetero) is 1. The highest BCUT2D eigenvalue weighted by molar-refractivity contribution is 5.79. The number of hydrogen-bond acceptors (Lipinski definition) is 2. The topological polar surface area (TPSA) is 20.3 Å². The predicted molar refractivity (Wildman–Crippen MR) is 48.1 cm³/mol. The molecule has 0 amide bonds. The van der Waals surface area contributed by atoms with Gasteiger partial charge in [-0.25, -0.2) is 0 Å². The molecule has 2 nitrogen and oxygen atoms in total. The summed E-state index contributed by atoms with van der Waals surface area (Å²) in [4.78, 5) is 13.6. The Hall–Kier alpha value is -0.370. The number of carbonyl (C=O) groups excluding carboxylic acids is 1. The molecule has 2 aliphatic rings. The molecule has 0 N–H and O–H groups in total. The summed E-state index contributed by atoms with van der Waals surface area (Å²) >= 11 is 0. The monoisotopic (exact) mass is 167 g/mol. The largest absolute Gasteiger partial charge is 0.300 e. The molecule has 2 rings (SSSR count). The summed E-state index contributed by atoms with van der Waals surface area (Å²) in [6, 6.07) is 0. The average Bonchev–Trinajstić information content (AvgIpc) is 1.92. The lowest BCUT2D eigenvalue weighted by Crippen LogP contribution is -2.55. The van der Waals surface area contributed by atoms with Gasteiger partial charge in [0.1, 0.15) is 5.78 Å². The zero-order valence-electron chi connectivity index (χ0n) is 7.81. The number of ketones is 1. The second-order valence-electron chi connectivity index (χ2n) is 4.38. The van der Waals surface area contributed by atoms with Crippen molar-refractivity contribution in [3.05, 3.63) is 0 Å². The van der Waals surface area contributed by atoms with Gasteiger partial charge in [-0.1, -0.05) is 0 Å². The van der Waals surface area contributed by atoms with Gasteiger partial charge in [0.25, 0.3) is 0 Å². The van der Waals surface area contributed by atoms with Crippen LogP contribution in [-0.4, -0.2) is 29.3 Å². The molecule has 12 heavy (non-hydrogen) atoms. The van der Waals surface area contributed by atoms with Crippen molar-refractivity contribution in [2.24, 2.45) is 0 Å². The Bertz CT molecular complexity index is 186. The number of likely N-dealkylation sites (tertiary alicyclic amines) is 1. The summed E-state index contributed by atoms with van der Waals surface area (Å²) < 4.78 is 0. The number of hydrogen-bond donors (Lipinski definition) is 0. The van der Waals surface area contributed by atoms with Crippen molar-refractivity contribution in [2.75, 3.05) is 13.1 Å². The van der Waals surface area contributed by atoms with E-state index >= 15 is 0 Å². The average molecular weight is 167 g/mol. The molecule has 2 heteroatoms. The van der Waals surface area contributed by atoms with Crippen molar-refractivity contribution in [3.8, 4) is 0 Å². The smallest absolute Gasteiger partial charge is 0.133 e. The summed E-state index contributed by atoms with van der Waals surface area (Å²) in [5.74, 6) is 0.466. The maximum atomic E-state index is 11.1. The lowest BCUT2D eigenvalue weighted by molar-refractivity contribution is -0.123. The zero-order chi connectivity index (χ0) is 8.60. The third-order valence-electron chi connectivity index (χ3n) is 3.50. The molecule has 0 aromatic rings. The third kappa shape index (κ3) is 1.28. The van der Waals surface area contributed by atoms with Crippen LogP contribution in [0.3, 0.4) is 0 Å². The second kappa shape index (κ2) is 2.84. The standard InChI is InChI=1S/C10H17NO/c1-10(11-7-2-8-11)5-3-9(12)4-6-10/h2-8H2,1H3. The first-order chi connectivity index (χ1) is 5.71. The number of carbonyl (C=O) groups is 1. The molecule has 0 atom stereocenters. The van der Waals surface area contributed by atoms with Crippen LogP contribution in [0.15, 0.2) is 0 Å². The van der Waals surface area contributed by atoms with Crippen LogP contribution in [0, 0.1) is 0 Å². The van der Waals surface area contributed by atoms with Crippen LogP contribution in [0.1, 0.15) is 39.0 Å². The second-order valence-corrected chi connectivity index (χ2v) is 4.38. The van der Waals surface area contributed by atoms with Gasteiger partial charge < -0.3 is 0 Å². The molecule has 0 aromatic carbocycles. The van der Waals surface area contributed by atoms with E-state index in [0.29, 0.717) is 11.3 Å². The van der Waals surface area contributed by atoms with Crippen LogP contribution in [0.2, 0.25) is 0 Å². The van der Waals surface area contributed by atoms with Gasteiger partial charge in [0.05, 0.1) is 0 Å². The summed E-state index contributed by atoms with van der Waals surface area (Å²) in [5.41, 5.74) is 0.367. The molecular weight excluding hydrogens is 150 g/mol. The van der Waals surface area contributed by atoms with Gasteiger partial charge in [-0.15, -0.1) is 0 Å². The Balaban J connectivity index is 1.96. The molecular formula is C10H17NO. The lowest BCUT2D eigenvalue weighted by atomic mass is 9.80. The van der Waals surface area contributed by atoms with E-state index in [2.05, 4.69) is 11.8 Å². The quantitative estimate of drug-likeness (QED) is 0.591. The van der Waals surface area contributed by atoms with Gasteiger partial charge in [0.2, 0.25) is 0 Å². The maximum absolute atomic E-state index is 11.1. The Morgan fingerprint density at radius 2 is 1.83 bits per heavy atom. The van der Waals surface area contributed by atoms with Gasteiger partial charge in [0.15, 0.2) is 0 Å². The summed E-state index contributed by atoms with van der Waals surface area (Å²) in [6.45, 7) is 4.83. The fraction of sp³-hybridized carbons (Fsp3) is 0.900. The summed E-state index contributed by atoms with van der Waals surface area (Å²) in [7, 11) is 0. The predicted octanol–water partition coefficient (Wildman–Crippen LogP) is 1.59. The summed E-state index contributed by atoms with van der Waals surface area (Å²) in [5, 5.41) is 0. The number of rotatable bonds is 1. The first-order valence-electron chi connectivity index (χ1n) is 4.97. The molecule has 1 aliphatic heterocycles. The third-order valence-corrected chi connectivity index (χ3v) is 3.50. The Kier molecular flexibility index (Phi) is 1.95. The first kappa shape index (κ1) is 8.24. The highest BCUT2D eigenvalue weighted by atomic mass is 16.1. The molecule has 1 saturated carbocycles. The van der Waals surface area contributed by atoms with E-state index in [4.69, 9.17) is 0 Å². The van der Waals surface area contributed by atoms with Gasteiger partial charge >= 0.3 is 0 Å². The molecule has 0 radical (unpaired) electrons. The fourth-order valence-electron chi connectivity index (χ4n) is 2.24. The van der Waals surface area contributed by atoms with Crippen molar-refractivity contribution in [3.63, 3.8) is 0 Å². The van der Waals surface area contributed by atoms with Crippen molar-refractivity contribution in [1.29, 1.82) is 0 Å². The van der Waals surface area contributed by atoms with E-state index in [-0.39, 0.29) is 0 Å². The molecule has 1 aliphatic carbocycles. The Morgan fingerprint density at radius 1 is 1.25 bits per heavy atom. The number of nitrogens with zero attached hydrogens (tertiary/aromatic N) is 1. The van der Waals surface area contributed by atoms with E-state index in [0.717, 1.165) is 25.7 Å². The first-order valence-corrected chi connectivity index (χ1v) is 4.97. The Morgan fingerprint density at radius 3 is 2.25 bits per heavy atom. The van der Waals surface area contributed by atoms with E-state index in [9.17, 15) is 4.79 Å². The van der Waals surface area contributed by atoms with Gasteiger partial charge in [-0.3, -0.25) is 9.69 Å². The SMILES string of the molecule is CC1(N2CCC2)CCC(=O)CC1. The normalized spacial score (nSPS) is 29.9. The molecule has 1 heterocycles. The van der Waals surface area contributed by atoms with Gasteiger partial charge in [0, 0.05) is 18.4 Å². The minimum absolute atomic E-state index is 0.367. The molecule has 1 saturated heterocycles. The zero-order valence-corrected chi connectivity index (χ0v) is 7.81. The minimum Gasteiger partial charge on any atom is -0.300 e. The molecule has 0 spiro atoms. The van der Waals surface area contributed by atoms with Crippen LogP contribution >= 0.6 is 0 Å². The fourth-order valence-corrected chi connectivity index (χ4v) is 2.24. The molecule has 0 bridgehead atoms. The van der Waals surface area contributed by atoms with Gasteiger partial charge in [-0.2, -0.15) is 0 Å². The van der Waals surface area contributed by atoms with Crippen LogP contribution in [0.4, 0.5) is 0 Å².